The highest BCUT2D eigenvalue weighted by Gasteiger charge is 2.33. The van der Waals surface area contributed by atoms with Crippen molar-refractivity contribution < 1.29 is 31.4 Å². The third-order valence-corrected chi connectivity index (χ3v) is 4.62. The van der Waals surface area contributed by atoms with Gasteiger partial charge in [-0.1, -0.05) is 17.7 Å². The number of alkyl halides is 5. The van der Waals surface area contributed by atoms with Crippen LogP contribution in [0.15, 0.2) is 29.4 Å². The molecule has 2 aromatic rings. The Labute approximate surface area is 166 Å². The summed E-state index contributed by atoms with van der Waals surface area (Å²) >= 11 is 6.15. The first-order valence-electron chi connectivity index (χ1n) is 8.23. The minimum Gasteiger partial charge on any atom is -0.492 e. The van der Waals surface area contributed by atoms with Gasteiger partial charge in [-0.2, -0.15) is 27.2 Å². The van der Waals surface area contributed by atoms with Crippen LogP contribution in [0.25, 0.3) is 0 Å². The first kappa shape index (κ1) is 20.9. The molecule has 0 radical (unpaired) electrons. The van der Waals surface area contributed by atoms with Crippen molar-refractivity contribution >= 4 is 11.6 Å². The summed E-state index contributed by atoms with van der Waals surface area (Å²) in [5.74, 6) is -0.471. The molecule has 0 saturated carbocycles. The molecule has 0 amide bonds. The summed E-state index contributed by atoms with van der Waals surface area (Å²) in [4.78, 5) is 4.35. The van der Waals surface area contributed by atoms with Gasteiger partial charge in [0.1, 0.15) is 16.8 Å². The van der Waals surface area contributed by atoms with Gasteiger partial charge in [0, 0.05) is 25.2 Å². The van der Waals surface area contributed by atoms with Gasteiger partial charge in [-0.05, 0) is 12.1 Å². The molecule has 29 heavy (non-hydrogen) atoms. The number of halogens is 6. The van der Waals surface area contributed by atoms with Crippen LogP contribution in [0, 0.1) is 11.3 Å². The van der Waals surface area contributed by atoms with Crippen LogP contribution in [-0.4, -0.2) is 17.8 Å². The Morgan fingerprint density at radius 3 is 2.72 bits per heavy atom. The molecule has 5 nitrogen and oxygen atoms in total. The van der Waals surface area contributed by atoms with Gasteiger partial charge in [0.25, 0.3) is 0 Å². The fraction of sp³-hybridized carbons (Fsp3) is 0.333. The lowest BCUT2D eigenvalue weighted by Crippen LogP contribution is -2.26. The van der Waals surface area contributed by atoms with Crippen LogP contribution in [0.5, 0.6) is 11.5 Å². The zero-order valence-electron chi connectivity index (χ0n) is 14.8. The van der Waals surface area contributed by atoms with Crippen LogP contribution >= 0.6 is 11.6 Å². The Kier molecular flexibility index (Phi) is 5.71. The molecule has 1 aromatic carbocycles. The Morgan fingerprint density at radius 1 is 1.38 bits per heavy atom. The SMILES string of the molecule is Cn1cc(C(F)(F)F)cc(OC(F)F)c1=NC1CCOc2c1ccc(C#N)c2Cl. The summed E-state index contributed by atoms with van der Waals surface area (Å²) in [6, 6.07) is 4.77. The van der Waals surface area contributed by atoms with E-state index >= 15 is 0 Å². The fourth-order valence-corrected chi connectivity index (χ4v) is 3.22. The van der Waals surface area contributed by atoms with Crippen molar-refractivity contribution in [3.63, 3.8) is 0 Å². The van der Waals surface area contributed by atoms with Crippen molar-refractivity contribution in [2.45, 2.75) is 25.3 Å². The van der Waals surface area contributed by atoms with Crippen LogP contribution in [0.2, 0.25) is 5.02 Å². The van der Waals surface area contributed by atoms with Gasteiger partial charge < -0.3 is 14.0 Å². The van der Waals surface area contributed by atoms with E-state index in [1.165, 1.54) is 13.1 Å². The first-order valence-corrected chi connectivity index (χ1v) is 8.61. The van der Waals surface area contributed by atoms with E-state index in [0.717, 1.165) is 10.8 Å². The molecule has 1 aromatic heterocycles. The minimum atomic E-state index is -4.75. The summed E-state index contributed by atoms with van der Waals surface area (Å²) < 4.78 is 75.5. The van der Waals surface area contributed by atoms with E-state index in [-0.39, 0.29) is 28.4 Å². The van der Waals surface area contributed by atoms with Crippen molar-refractivity contribution in [1.82, 2.24) is 4.57 Å². The van der Waals surface area contributed by atoms with Gasteiger partial charge >= 0.3 is 12.8 Å². The van der Waals surface area contributed by atoms with Crippen molar-refractivity contribution in [1.29, 1.82) is 5.26 Å². The predicted molar refractivity (Wildman–Crippen MR) is 91.6 cm³/mol. The molecular weight excluding hydrogens is 421 g/mol. The molecule has 11 heteroatoms. The van der Waals surface area contributed by atoms with E-state index in [9.17, 15) is 22.0 Å². The van der Waals surface area contributed by atoms with Gasteiger partial charge in [-0.3, -0.25) is 4.99 Å². The predicted octanol–water partition coefficient (Wildman–Crippen LogP) is 4.59. The molecule has 2 heterocycles. The number of benzene rings is 1. The second-order valence-corrected chi connectivity index (χ2v) is 6.52. The fourth-order valence-electron chi connectivity index (χ4n) is 2.96. The van der Waals surface area contributed by atoms with E-state index in [4.69, 9.17) is 21.6 Å². The van der Waals surface area contributed by atoms with Crippen LogP contribution in [-0.2, 0) is 13.2 Å². The molecule has 0 saturated heterocycles. The van der Waals surface area contributed by atoms with Crippen LogP contribution < -0.4 is 15.0 Å². The summed E-state index contributed by atoms with van der Waals surface area (Å²) in [5, 5.41) is 9.16. The highest BCUT2D eigenvalue weighted by atomic mass is 35.5. The smallest absolute Gasteiger partial charge is 0.417 e. The third kappa shape index (κ3) is 4.29. The summed E-state index contributed by atoms with van der Waals surface area (Å²) in [7, 11) is 1.25. The first-order chi connectivity index (χ1) is 13.6. The summed E-state index contributed by atoms with van der Waals surface area (Å²) in [6.07, 6.45) is -3.68. The van der Waals surface area contributed by atoms with Crippen molar-refractivity contribution in [3.05, 3.63) is 51.6 Å². The van der Waals surface area contributed by atoms with Gasteiger partial charge in [-0.25, -0.2) is 0 Å². The molecule has 154 valence electrons. The number of nitriles is 1. The number of hydrogen-bond donors (Lipinski definition) is 0. The molecule has 0 N–H and O–H groups in total. The summed E-state index contributed by atoms with van der Waals surface area (Å²) in [6.45, 7) is -3.16. The lowest BCUT2D eigenvalue weighted by atomic mass is 9.99. The molecule has 0 spiro atoms. The molecule has 1 unspecified atom stereocenters. The van der Waals surface area contributed by atoms with Gasteiger partial charge in [0.05, 0.1) is 23.8 Å². The average molecular weight is 434 g/mol. The maximum absolute atomic E-state index is 13.0. The number of aromatic nitrogens is 1. The van der Waals surface area contributed by atoms with Gasteiger partial charge in [0.15, 0.2) is 11.2 Å². The van der Waals surface area contributed by atoms with Gasteiger partial charge in [-0.15, -0.1) is 0 Å². The Hall–Kier alpha value is -2.80. The van der Waals surface area contributed by atoms with E-state index in [1.807, 2.05) is 6.07 Å². The van der Waals surface area contributed by atoms with Crippen LogP contribution in [0.3, 0.4) is 0 Å². The Bertz CT molecular complexity index is 1040. The third-order valence-electron chi connectivity index (χ3n) is 4.24. The number of aryl methyl sites for hydroxylation is 1. The molecule has 0 fully saturated rings. The zero-order valence-corrected chi connectivity index (χ0v) is 15.6. The molecule has 1 atom stereocenters. The highest BCUT2D eigenvalue weighted by Crippen LogP contribution is 2.41. The molecule has 0 bridgehead atoms. The largest absolute Gasteiger partial charge is 0.492 e. The van der Waals surface area contributed by atoms with Crippen molar-refractivity contribution in [3.8, 4) is 17.6 Å². The zero-order chi connectivity index (χ0) is 21.3. The highest BCUT2D eigenvalue weighted by molar-refractivity contribution is 6.33. The number of nitrogens with zero attached hydrogens (tertiary/aromatic N) is 3. The number of hydrogen-bond acceptors (Lipinski definition) is 4. The van der Waals surface area contributed by atoms with Crippen LogP contribution in [0.4, 0.5) is 22.0 Å². The minimum absolute atomic E-state index is 0.0887. The number of rotatable bonds is 3. The monoisotopic (exact) mass is 433 g/mol. The van der Waals surface area contributed by atoms with Crippen molar-refractivity contribution in [2.75, 3.05) is 6.61 Å². The average Bonchev–Trinajstić information content (AvgIpc) is 2.63. The number of fused-ring (bicyclic) bond motifs is 1. The molecule has 1 aliphatic heterocycles. The second-order valence-electron chi connectivity index (χ2n) is 6.14. The Morgan fingerprint density at radius 2 is 2.10 bits per heavy atom. The van der Waals surface area contributed by atoms with Crippen LogP contribution in [0.1, 0.15) is 29.2 Å². The van der Waals surface area contributed by atoms with E-state index in [1.54, 1.807) is 6.07 Å². The lowest BCUT2D eigenvalue weighted by molar-refractivity contribution is -0.138. The normalized spacial score (nSPS) is 16.9. The van der Waals surface area contributed by atoms with Crippen molar-refractivity contribution in [2.24, 2.45) is 12.0 Å². The van der Waals surface area contributed by atoms with E-state index in [0.29, 0.717) is 18.1 Å². The number of ether oxygens (including phenoxy) is 2. The van der Waals surface area contributed by atoms with E-state index < -0.39 is 30.1 Å². The maximum atomic E-state index is 13.0. The van der Waals surface area contributed by atoms with E-state index in [2.05, 4.69) is 9.73 Å². The molecule has 3 rings (SSSR count). The maximum Gasteiger partial charge on any atom is 0.417 e. The Balaban J connectivity index is 2.17. The lowest BCUT2D eigenvalue weighted by Gasteiger charge is -2.24. The molecular formula is C18H13ClF5N3O2. The number of pyridine rings is 1. The standard InChI is InChI=1S/C18H13ClF5N3O2/c1-27-8-10(18(22,23)24)6-13(29-17(20)21)16(27)26-12-4-5-28-15-11(12)3-2-9(7-25)14(15)19/h2-3,6,8,12,17H,4-5H2,1H3. The molecule has 0 aliphatic carbocycles. The topological polar surface area (TPSA) is 59.5 Å². The van der Waals surface area contributed by atoms with Gasteiger partial charge in [0.2, 0.25) is 0 Å². The quantitative estimate of drug-likeness (QED) is 0.665. The second kappa shape index (κ2) is 7.91. The summed E-state index contributed by atoms with van der Waals surface area (Å²) in [5.41, 5.74) is -0.670. The molecule has 1 aliphatic rings.